The Labute approximate surface area is 468 Å². The van der Waals surface area contributed by atoms with Crippen LogP contribution in [0.1, 0.15) is 188 Å². The zero-order valence-corrected chi connectivity index (χ0v) is 48.5. The minimum absolute atomic E-state index is 0.00739. The van der Waals surface area contributed by atoms with Crippen LogP contribution in [0.5, 0.6) is 0 Å². The summed E-state index contributed by atoms with van der Waals surface area (Å²) in [6.45, 7) is 35.2. The fraction of sp³-hybridized carbons (Fsp3) is 0.389. The van der Waals surface area contributed by atoms with E-state index in [2.05, 4.69) is 193 Å². The summed E-state index contributed by atoms with van der Waals surface area (Å²) in [5.74, 6) is 0. The Kier molecular flexibility index (Phi) is 9.56. The lowest BCUT2D eigenvalue weighted by atomic mass is 9.35. The third-order valence-electron chi connectivity index (χ3n) is 19.7. The lowest BCUT2D eigenvalue weighted by molar-refractivity contribution is 0.332. The van der Waals surface area contributed by atoms with Crippen molar-refractivity contribution in [1.82, 2.24) is 0 Å². The van der Waals surface area contributed by atoms with Crippen LogP contribution in [0, 0.1) is 0 Å². The predicted octanol–water partition coefficient (Wildman–Crippen LogP) is 18.3. The first-order chi connectivity index (χ1) is 38.3. The van der Waals surface area contributed by atoms with E-state index in [1.165, 1.54) is 44.4 Å². The summed E-state index contributed by atoms with van der Waals surface area (Å²) < 4.78 is 54.2. The molecule has 5 heteroatoms. The summed E-state index contributed by atoms with van der Waals surface area (Å²) in [4.78, 5) is 6.87. The molecule has 2 aliphatic heterocycles. The highest BCUT2D eigenvalue weighted by molar-refractivity contribution is 7.00. The summed E-state index contributed by atoms with van der Waals surface area (Å²) in [5.41, 5.74) is 20.4. The van der Waals surface area contributed by atoms with Gasteiger partial charge >= 0.3 is 0 Å². The lowest BCUT2D eigenvalue weighted by Crippen LogP contribution is -2.61. The predicted molar refractivity (Wildman–Crippen MR) is 329 cm³/mol. The Morgan fingerprint density at radius 3 is 1.57 bits per heavy atom. The molecule has 0 unspecified atom stereocenters. The summed E-state index contributed by atoms with van der Waals surface area (Å²) in [6.07, 6.45) is 6.44. The fourth-order valence-corrected chi connectivity index (χ4v) is 14.4. The summed E-state index contributed by atoms with van der Waals surface area (Å²) in [5, 5.41) is 1.06. The molecule has 0 N–H and O–H groups in total. The second kappa shape index (κ2) is 16.5. The molecular weight excluding hydrogens is 934 g/mol. The lowest BCUT2D eigenvalue weighted by Gasteiger charge is -2.47. The van der Waals surface area contributed by atoms with Crippen LogP contribution in [0.2, 0.25) is 0 Å². The molecule has 3 aliphatic carbocycles. The number of hydrogen-bond acceptors (Lipinski definition) is 4. The highest BCUT2D eigenvalue weighted by atomic mass is 16.3. The van der Waals surface area contributed by atoms with E-state index in [1.807, 2.05) is 35.2 Å². The number of anilines is 9. The van der Waals surface area contributed by atoms with Gasteiger partial charge in [-0.2, -0.15) is 0 Å². The van der Waals surface area contributed by atoms with Crippen LogP contribution >= 0.6 is 0 Å². The van der Waals surface area contributed by atoms with Crippen molar-refractivity contribution in [1.29, 1.82) is 0 Å². The zero-order chi connectivity index (χ0) is 58.5. The first kappa shape index (κ1) is 44.5. The Hall–Kier alpha value is -6.46. The number of rotatable bonds is 5. The molecule has 3 heterocycles. The average molecular weight is 1020 g/mol. The van der Waals surface area contributed by atoms with Gasteiger partial charge in [0.05, 0.1) is 23.9 Å². The summed E-state index contributed by atoms with van der Waals surface area (Å²) in [7, 11) is 0. The van der Waals surface area contributed by atoms with Gasteiger partial charge in [0, 0.05) is 45.2 Å². The molecule has 0 atom stereocenters. The molecule has 0 saturated heterocycles. The molecule has 0 radical (unpaired) electrons. The minimum Gasteiger partial charge on any atom is -0.468 e. The normalized spacial score (nSPS) is 20.5. The summed E-state index contributed by atoms with van der Waals surface area (Å²) >= 11 is 0. The standard InChI is InChI=1S/C72H80BN3O/c1-66(2,3)45-26-28-48(29-27-45)76-61-40-50(74(46-22-18-16-19-23-46)47-24-20-17-21-25-47)39-60-63(61)73(65-64(76)51-41-54-57(44-62(51)77-65)72(14,15)37-34-69(54,8)9)58-42-55-56(71(12,13)36-35-70(55,10)11)43-59(58)75(60)49-30-31-52-53(38-49)68(6,7)33-32-67(52,4)5/h16-31,38-44H,32-37H2,1-15H3/i16D,18D,19D,22D,23D. The van der Waals surface area contributed by atoms with Gasteiger partial charge in [0.15, 0.2) is 0 Å². The first-order valence-corrected chi connectivity index (χ1v) is 28.6. The number of nitrogens with zero attached hydrogens (tertiary/aromatic N) is 3. The topological polar surface area (TPSA) is 22.9 Å². The van der Waals surface area contributed by atoms with E-state index in [0.717, 1.165) is 94.7 Å². The van der Waals surface area contributed by atoms with E-state index in [0.29, 0.717) is 11.4 Å². The smallest absolute Gasteiger partial charge is 0.297 e. The molecule has 5 aliphatic rings. The largest absolute Gasteiger partial charge is 0.468 e. The Morgan fingerprint density at radius 1 is 0.481 bits per heavy atom. The van der Waals surface area contributed by atoms with Gasteiger partial charge in [-0.3, -0.25) is 0 Å². The van der Waals surface area contributed by atoms with E-state index in [-0.39, 0.29) is 74.5 Å². The van der Waals surface area contributed by atoms with Crippen LogP contribution in [0.3, 0.4) is 0 Å². The van der Waals surface area contributed by atoms with E-state index in [4.69, 9.17) is 8.53 Å². The average Bonchev–Trinajstić information content (AvgIpc) is 1.47. The maximum absolute atomic E-state index is 9.68. The van der Waals surface area contributed by atoms with Gasteiger partial charge in [0.1, 0.15) is 5.58 Å². The third-order valence-corrected chi connectivity index (χ3v) is 19.7. The minimum atomic E-state index is -0.427. The van der Waals surface area contributed by atoms with Gasteiger partial charge < -0.3 is 19.1 Å². The van der Waals surface area contributed by atoms with Crippen molar-refractivity contribution in [2.45, 2.75) is 180 Å². The van der Waals surface area contributed by atoms with Crippen molar-refractivity contribution in [3.8, 4) is 0 Å². The number of benzene rings is 7. The Balaban J connectivity index is 1.23. The third kappa shape index (κ3) is 7.66. The highest BCUT2D eigenvalue weighted by Gasteiger charge is 2.51. The Bertz CT molecular complexity index is 3980. The molecule has 77 heavy (non-hydrogen) atoms. The van der Waals surface area contributed by atoms with E-state index in [1.54, 1.807) is 0 Å². The van der Waals surface area contributed by atoms with Crippen molar-refractivity contribution >= 4 is 85.5 Å². The Morgan fingerprint density at radius 2 is 0.987 bits per heavy atom. The van der Waals surface area contributed by atoms with Gasteiger partial charge in [-0.15, -0.1) is 0 Å². The van der Waals surface area contributed by atoms with Gasteiger partial charge in [-0.25, -0.2) is 0 Å². The molecule has 0 bridgehead atoms. The van der Waals surface area contributed by atoms with Crippen molar-refractivity contribution in [3.05, 3.63) is 178 Å². The van der Waals surface area contributed by atoms with Crippen molar-refractivity contribution < 1.29 is 11.3 Å². The van der Waals surface area contributed by atoms with Crippen LogP contribution in [0.15, 0.2) is 144 Å². The monoisotopic (exact) mass is 1020 g/mol. The van der Waals surface area contributed by atoms with Crippen LogP contribution < -0.4 is 31.3 Å². The highest BCUT2D eigenvalue weighted by Crippen LogP contribution is 2.56. The molecule has 0 amide bonds. The molecule has 0 spiro atoms. The second-order valence-corrected chi connectivity index (χ2v) is 28.6. The SMILES string of the molecule is [2H]c1c([2H])c([2H])c(N(c2ccccc2)c2cc3c4c(c2)N(c2ccc(C(C)(C)C)cc2)c2c(oc5cc6c(cc25)C(C)(C)CCC6(C)C)B4c2cc4c(cc2N3c2ccc3c(c2)C(C)(C)CCC3(C)C)C(C)(C)CCC4(C)C)c([2H])c1[2H]. The van der Waals surface area contributed by atoms with Crippen LogP contribution in [0.4, 0.5) is 51.2 Å². The number of hydrogen-bond donors (Lipinski definition) is 0. The van der Waals surface area contributed by atoms with Crippen LogP contribution in [0.25, 0.3) is 11.0 Å². The number of fused-ring (bicyclic) bond motifs is 9. The van der Waals surface area contributed by atoms with Gasteiger partial charge in [-0.05, 0) is 205 Å². The molecule has 0 fully saturated rings. The molecule has 7 aromatic carbocycles. The molecule has 0 saturated carbocycles. The fourth-order valence-electron chi connectivity index (χ4n) is 14.4. The van der Waals surface area contributed by atoms with Crippen molar-refractivity contribution in [2.75, 3.05) is 14.7 Å². The van der Waals surface area contributed by atoms with Gasteiger partial charge in [0.2, 0.25) is 0 Å². The van der Waals surface area contributed by atoms with E-state index >= 15 is 0 Å². The molecule has 4 nitrogen and oxygen atoms in total. The molecular formula is C72H80BN3O. The molecule has 392 valence electrons. The maximum atomic E-state index is 9.68. The second-order valence-electron chi connectivity index (χ2n) is 28.6. The van der Waals surface area contributed by atoms with Gasteiger partial charge in [0.25, 0.3) is 6.71 Å². The van der Waals surface area contributed by atoms with Crippen LogP contribution in [-0.4, -0.2) is 6.71 Å². The van der Waals surface area contributed by atoms with Crippen LogP contribution in [-0.2, 0) is 37.9 Å². The van der Waals surface area contributed by atoms with Crippen molar-refractivity contribution in [3.63, 3.8) is 0 Å². The van der Waals surface area contributed by atoms with E-state index in [9.17, 15) is 2.74 Å². The maximum Gasteiger partial charge on any atom is 0.297 e. The first-order valence-electron chi connectivity index (χ1n) is 31.1. The number of furan rings is 1. The number of para-hydroxylation sites is 2. The zero-order valence-electron chi connectivity index (χ0n) is 53.5. The van der Waals surface area contributed by atoms with E-state index < -0.39 is 6.04 Å². The van der Waals surface area contributed by atoms with Crippen molar-refractivity contribution in [2.24, 2.45) is 0 Å². The molecule has 13 rings (SSSR count). The molecule has 1 aromatic heterocycles. The van der Waals surface area contributed by atoms with Gasteiger partial charge in [-0.1, -0.05) is 164 Å². The molecule has 8 aromatic rings. The summed E-state index contributed by atoms with van der Waals surface area (Å²) in [6, 6.07) is 38.8. The quantitative estimate of drug-likeness (QED) is 0.160.